The summed E-state index contributed by atoms with van der Waals surface area (Å²) in [5, 5.41) is 21.4. The Morgan fingerprint density at radius 3 is 2.78 bits per heavy atom. The lowest BCUT2D eigenvalue weighted by Crippen LogP contribution is -2.18. The van der Waals surface area contributed by atoms with Crippen LogP contribution in [0, 0.1) is 5.92 Å². The standard InChI is InChI=1S/C27H34ClN5O3/c1-27(2,35)12-5-6-14-36-20-9-10-22(28)21(17-20)19-11-13-29-23(16-19)31-26(34)25-30-24(32-33-25)15-18-7-3-4-8-18/h9-11,13,16-18,35H,3-8,12,14-15H2,1-2H3,(H,29,31,34)(H,30,32,33). The molecule has 0 saturated heterocycles. The first kappa shape index (κ1) is 26.1. The first-order valence-corrected chi connectivity index (χ1v) is 13.0. The number of aromatic nitrogens is 4. The van der Waals surface area contributed by atoms with E-state index < -0.39 is 5.60 Å². The number of pyridine rings is 1. The van der Waals surface area contributed by atoms with Crippen LogP contribution in [0.2, 0.25) is 5.02 Å². The van der Waals surface area contributed by atoms with Crippen LogP contribution in [0.3, 0.4) is 0 Å². The van der Waals surface area contributed by atoms with Crippen molar-refractivity contribution in [1.82, 2.24) is 20.2 Å². The normalized spacial score (nSPS) is 14.2. The van der Waals surface area contributed by atoms with Crippen LogP contribution in [0.1, 0.15) is 75.2 Å². The molecule has 2 heterocycles. The maximum absolute atomic E-state index is 12.7. The fourth-order valence-corrected chi connectivity index (χ4v) is 4.71. The van der Waals surface area contributed by atoms with Gasteiger partial charge in [-0.25, -0.2) is 4.98 Å². The Morgan fingerprint density at radius 1 is 1.19 bits per heavy atom. The Hall–Kier alpha value is -2.97. The largest absolute Gasteiger partial charge is 0.494 e. The van der Waals surface area contributed by atoms with Gasteiger partial charge in [0.2, 0.25) is 5.82 Å². The van der Waals surface area contributed by atoms with Crippen molar-refractivity contribution in [3.63, 3.8) is 0 Å². The third-order valence-electron chi connectivity index (χ3n) is 6.41. The zero-order chi connectivity index (χ0) is 25.5. The third-order valence-corrected chi connectivity index (χ3v) is 6.74. The third kappa shape index (κ3) is 7.51. The smallest absolute Gasteiger partial charge is 0.294 e. The average molecular weight is 512 g/mol. The monoisotopic (exact) mass is 511 g/mol. The molecule has 0 radical (unpaired) electrons. The summed E-state index contributed by atoms with van der Waals surface area (Å²) in [6.45, 7) is 4.17. The lowest BCUT2D eigenvalue weighted by molar-refractivity contribution is 0.0670. The number of H-pyrrole nitrogens is 1. The molecule has 3 N–H and O–H groups in total. The topological polar surface area (TPSA) is 113 Å². The molecule has 1 aliphatic carbocycles. The maximum Gasteiger partial charge on any atom is 0.294 e. The van der Waals surface area contributed by atoms with E-state index in [4.69, 9.17) is 16.3 Å². The first-order valence-electron chi connectivity index (χ1n) is 12.6. The second-order valence-corrected chi connectivity index (χ2v) is 10.5. The van der Waals surface area contributed by atoms with Gasteiger partial charge in [0.1, 0.15) is 17.4 Å². The molecule has 0 unspecified atom stereocenters. The van der Waals surface area contributed by atoms with E-state index in [0.717, 1.165) is 42.6 Å². The zero-order valence-electron chi connectivity index (χ0n) is 20.9. The summed E-state index contributed by atoms with van der Waals surface area (Å²) >= 11 is 6.48. The van der Waals surface area contributed by atoms with Crippen LogP contribution in [0.4, 0.5) is 5.82 Å². The van der Waals surface area contributed by atoms with Gasteiger partial charge in [0.05, 0.1) is 12.2 Å². The number of ether oxygens (including phenoxy) is 1. The van der Waals surface area contributed by atoms with Crippen molar-refractivity contribution in [2.45, 2.75) is 70.8 Å². The molecule has 36 heavy (non-hydrogen) atoms. The molecule has 9 heteroatoms. The molecule has 8 nitrogen and oxygen atoms in total. The number of carbonyl (C=O) groups excluding carboxylic acids is 1. The minimum Gasteiger partial charge on any atom is -0.494 e. The molecular formula is C27H34ClN5O3. The number of rotatable bonds is 11. The Bertz CT molecular complexity index is 1170. The van der Waals surface area contributed by atoms with Gasteiger partial charge in [0, 0.05) is 23.2 Å². The number of aliphatic hydroxyl groups is 1. The number of amides is 1. The van der Waals surface area contributed by atoms with Crippen molar-refractivity contribution in [2.24, 2.45) is 5.92 Å². The predicted octanol–water partition coefficient (Wildman–Crippen LogP) is 5.83. The molecule has 2 aromatic heterocycles. The van der Waals surface area contributed by atoms with Crippen molar-refractivity contribution in [3.8, 4) is 16.9 Å². The number of hydrogen-bond acceptors (Lipinski definition) is 6. The highest BCUT2D eigenvalue weighted by Gasteiger charge is 2.19. The van der Waals surface area contributed by atoms with Gasteiger partial charge in [-0.2, -0.15) is 0 Å². The molecule has 0 spiro atoms. The molecule has 3 aromatic rings. The number of halogens is 1. The van der Waals surface area contributed by atoms with Gasteiger partial charge in [-0.15, -0.1) is 10.2 Å². The van der Waals surface area contributed by atoms with Crippen molar-refractivity contribution < 1.29 is 14.6 Å². The van der Waals surface area contributed by atoms with Crippen LogP contribution in [0.15, 0.2) is 36.5 Å². The lowest BCUT2D eigenvalue weighted by Gasteiger charge is -2.16. The van der Waals surface area contributed by atoms with Gasteiger partial charge < -0.3 is 20.1 Å². The number of hydrogen-bond donors (Lipinski definition) is 3. The van der Waals surface area contributed by atoms with Crippen molar-refractivity contribution in [1.29, 1.82) is 0 Å². The number of nitrogens with one attached hydrogen (secondary N) is 2. The van der Waals surface area contributed by atoms with Crippen molar-refractivity contribution in [2.75, 3.05) is 11.9 Å². The van der Waals surface area contributed by atoms with Gasteiger partial charge in [-0.05, 0) is 74.9 Å². The summed E-state index contributed by atoms with van der Waals surface area (Å²) in [4.78, 5) is 20.0. The molecule has 1 saturated carbocycles. The molecule has 1 fully saturated rings. The summed E-state index contributed by atoms with van der Waals surface area (Å²) in [6, 6.07) is 9.10. The minimum atomic E-state index is -0.660. The summed E-state index contributed by atoms with van der Waals surface area (Å²) in [5.74, 6) is 2.24. The summed E-state index contributed by atoms with van der Waals surface area (Å²) in [5.41, 5.74) is 0.923. The zero-order valence-corrected chi connectivity index (χ0v) is 21.6. The minimum absolute atomic E-state index is 0.174. The molecule has 192 valence electrons. The van der Waals surface area contributed by atoms with E-state index in [9.17, 15) is 9.90 Å². The van der Waals surface area contributed by atoms with Crippen molar-refractivity contribution in [3.05, 3.63) is 53.2 Å². The van der Waals surface area contributed by atoms with E-state index in [2.05, 4.69) is 25.5 Å². The SMILES string of the molecule is CC(C)(O)CCCCOc1ccc(Cl)c(-c2ccnc(NC(=O)c3nnc(CC4CCCC4)[nH]3)c2)c1. The second-order valence-electron chi connectivity index (χ2n) is 10.1. The van der Waals surface area contributed by atoms with Crippen LogP contribution < -0.4 is 10.1 Å². The Morgan fingerprint density at radius 2 is 2.00 bits per heavy atom. The lowest BCUT2D eigenvalue weighted by atomic mass is 10.0. The number of aromatic amines is 1. The highest BCUT2D eigenvalue weighted by Crippen LogP contribution is 2.32. The van der Waals surface area contributed by atoms with E-state index in [1.807, 2.05) is 32.0 Å². The highest BCUT2D eigenvalue weighted by atomic mass is 35.5. The summed E-state index contributed by atoms with van der Waals surface area (Å²) in [7, 11) is 0. The molecule has 1 aromatic carbocycles. The van der Waals surface area contributed by atoms with Crippen molar-refractivity contribution >= 4 is 23.3 Å². The molecule has 4 rings (SSSR count). The number of nitrogens with zero attached hydrogens (tertiary/aromatic N) is 3. The van der Waals surface area contributed by atoms with E-state index >= 15 is 0 Å². The van der Waals surface area contributed by atoms with E-state index in [1.54, 1.807) is 18.3 Å². The van der Waals surface area contributed by atoms with Crippen LogP contribution in [-0.4, -0.2) is 43.4 Å². The van der Waals surface area contributed by atoms with E-state index in [-0.39, 0.29) is 11.7 Å². The maximum atomic E-state index is 12.7. The van der Waals surface area contributed by atoms with Crippen LogP contribution in [0.5, 0.6) is 5.75 Å². The summed E-state index contributed by atoms with van der Waals surface area (Å²) < 4.78 is 5.90. The first-order chi connectivity index (χ1) is 17.3. The fraction of sp³-hybridized carbons (Fsp3) is 0.481. The summed E-state index contributed by atoms with van der Waals surface area (Å²) in [6.07, 6.45) is 9.83. The van der Waals surface area contributed by atoms with Crippen LogP contribution >= 0.6 is 11.6 Å². The molecular weight excluding hydrogens is 478 g/mol. The van der Waals surface area contributed by atoms with Gasteiger partial charge in [0.25, 0.3) is 5.91 Å². The van der Waals surface area contributed by atoms with E-state index in [1.165, 1.54) is 25.7 Å². The Labute approximate surface area is 216 Å². The fourth-order valence-electron chi connectivity index (χ4n) is 4.49. The highest BCUT2D eigenvalue weighted by molar-refractivity contribution is 6.33. The molecule has 1 aliphatic rings. The number of carbonyl (C=O) groups is 1. The average Bonchev–Trinajstić information content (AvgIpc) is 3.52. The molecule has 0 bridgehead atoms. The molecule has 0 atom stereocenters. The van der Waals surface area contributed by atoms with E-state index in [0.29, 0.717) is 29.1 Å². The quantitative estimate of drug-likeness (QED) is 0.279. The number of unbranched alkanes of at least 4 members (excludes halogenated alkanes) is 1. The predicted molar refractivity (Wildman–Crippen MR) is 140 cm³/mol. The Balaban J connectivity index is 1.37. The molecule has 0 aliphatic heterocycles. The van der Waals surface area contributed by atoms with Crippen LogP contribution in [-0.2, 0) is 6.42 Å². The number of anilines is 1. The van der Waals surface area contributed by atoms with Crippen LogP contribution in [0.25, 0.3) is 11.1 Å². The molecule has 1 amide bonds. The van der Waals surface area contributed by atoms with Gasteiger partial charge in [-0.1, -0.05) is 37.3 Å². The van der Waals surface area contributed by atoms with Gasteiger partial charge in [-0.3, -0.25) is 4.79 Å². The Kier molecular flexibility index (Phi) is 8.59. The second kappa shape index (κ2) is 11.8. The van der Waals surface area contributed by atoms with Gasteiger partial charge in [0.15, 0.2) is 0 Å². The number of benzene rings is 1. The van der Waals surface area contributed by atoms with Gasteiger partial charge >= 0.3 is 0 Å².